The second-order valence-electron chi connectivity index (χ2n) is 5.75. The Morgan fingerprint density at radius 2 is 1.81 bits per heavy atom. The number of aromatic hydroxyl groups is 1. The van der Waals surface area contributed by atoms with Crippen LogP contribution in [0.3, 0.4) is 0 Å². The van der Waals surface area contributed by atoms with Crippen LogP contribution >= 0.6 is 11.6 Å². The summed E-state index contributed by atoms with van der Waals surface area (Å²) in [7, 11) is 2.90. The number of ether oxygens (including phenoxy) is 1. The van der Waals surface area contributed by atoms with E-state index in [1.165, 1.54) is 37.0 Å². The topological polar surface area (TPSA) is 85.8 Å². The number of phenols is 1. The largest absolute Gasteiger partial charge is 0.507 e. The molecule has 138 valence electrons. The lowest BCUT2D eigenvalue weighted by atomic mass is 10.2. The Morgan fingerprint density at radius 1 is 1.07 bits per heavy atom. The summed E-state index contributed by atoms with van der Waals surface area (Å²) in [6, 6.07) is 12.7. The van der Waals surface area contributed by atoms with E-state index in [0.717, 1.165) is 4.57 Å². The maximum absolute atomic E-state index is 12.0. The van der Waals surface area contributed by atoms with Crippen molar-refractivity contribution >= 4 is 23.5 Å². The quantitative estimate of drug-likeness (QED) is 0.699. The predicted octanol–water partition coefficient (Wildman–Crippen LogP) is 2.99. The van der Waals surface area contributed by atoms with E-state index < -0.39 is 11.2 Å². The van der Waals surface area contributed by atoms with Gasteiger partial charge in [0.1, 0.15) is 11.4 Å². The predicted molar refractivity (Wildman–Crippen MR) is 104 cm³/mol. The van der Waals surface area contributed by atoms with E-state index in [-0.39, 0.29) is 11.6 Å². The normalized spacial score (nSPS) is 11.1. The Kier molecular flexibility index (Phi) is 5.14. The highest BCUT2D eigenvalue weighted by molar-refractivity contribution is 6.30. The lowest BCUT2D eigenvalue weighted by Crippen LogP contribution is -2.36. The third-order valence-electron chi connectivity index (χ3n) is 3.89. The number of hydrogen-bond donors (Lipinski definition) is 1. The van der Waals surface area contributed by atoms with E-state index in [1.54, 1.807) is 36.4 Å². The van der Waals surface area contributed by atoms with E-state index in [2.05, 4.69) is 4.99 Å². The molecule has 0 saturated carbocycles. The third kappa shape index (κ3) is 3.93. The first kappa shape index (κ1) is 18.5. The molecule has 1 N–H and O–H groups in total. The number of aliphatic imine (C=N–C) groups is 1. The van der Waals surface area contributed by atoms with Crippen LogP contribution < -0.4 is 16.0 Å². The van der Waals surface area contributed by atoms with Crippen LogP contribution in [0, 0.1) is 0 Å². The minimum Gasteiger partial charge on any atom is -0.507 e. The van der Waals surface area contributed by atoms with Crippen molar-refractivity contribution in [1.82, 2.24) is 9.13 Å². The Labute approximate surface area is 159 Å². The first-order valence-corrected chi connectivity index (χ1v) is 8.31. The van der Waals surface area contributed by atoms with E-state index in [4.69, 9.17) is 16.3 Å². The lowest BCUT2D eigenvalue weighted by Gasteiger charge is -2.12. The van der Waals surface area contributed by atoms with E-state index >= 15 is 0 Å². The van der Waals surface area contributed by atoms with Gasteiger partial charge in [0, 0.05) is 30.9 Å². The number of hydrogen-bond acceptors (Lipinski definition) is 5. The van der Waals surface area contributed by atoms with Gasteiger partial charge in [-0.05, 0) is 30.3 Å². The van der Waals surface area contributed by atoms with Crippen molar-refractivity contribution in [1.29, 1.82) is 0 Å². The fourth-order valence-corrected chi connectivity index (χ4v) is 2.52. The highest BCUT2D eigenvalue weighted by Gasteiger charge is 2.10. The van der Waals surface area contributed by atoms with Gasteiger partial charge in [0.15, 0.2) is 5.75 Å². The number of aromatic nitrogens is 2. The van der Waals surface area contributed by atoms with Crippen LogP contribution in [0.2, 0.25) is 5.02 Å². The van der Waals surface area contributed by atoms with Gasteiger partial charge < -0.3 is 9.84 Å². The highest BCUT2D eigenvalue weighted by Crippen LogP contribution is 2.31. The van der Waals surface area contributed by atoms with Crippen LogP contribution in [0.5, 0.6) is 17.4 Å². The first-order chi connectivity index (χ1) is 12.9. The Morgan fingerprint density at radius 3 is 2.59 bits per heavy atom. The maximum atomic E-state index is 12.0. The molecule has 7 nitrogen and oxygen atoms in total. The van der Waals surface area contributed by atoms with E-state index in [0.29, 0.717) is 22.0 Å². The standard InChI is InChI=1S/C19H16ClN3O4/c1-22-17(25)10-18(23(2)19(22)26)27-16-6-4-3-5-14(16)21-11-12-9-13(20)7-8-15(12)24/h3-11,24H,1-2H3. The van der Waals surface area contributed by atoms with Crippen molar-refractivity contribution in [2.45, 2.75) is 0 Å². The summed E-state index contributed by atoms with van der Waals surface area (Å²) < 4.78 is 7.96. The van der Waals surface area contributed by atoms with Gasteiger partial charge in [-0.3, -0.25) is 18.9 Å². The molecule has 0 fully saturated rings. The summed E-state index contributed by atoms with van der Waals surface area (Å²) in [5, 5.41) is 10.4. The zero-order valence-corrected chi connectivity index (χ0v) is 15.3. The van der Waals surface area contributed by atoms with Gasteiger partial charge in [-0.25, -0.2) is 4.79 Å². The van der Waals surface area contributed by atoms with Crippen LogP contribution in [0.4, 0.5) is 5.69 Å². The first-order valence-electron chi connectivity index (χ1n) is 7.93. The smallest absolute Gasteiger partial charge is 0.333 e. The van der Waals surface area contributed by atoms with Crippen molar-refractivity contribution < 1.29 is 9.84 Å². The Bertz CT molecular complexity index is 1150. The summed E-state index contributed by atoms with van der Waals surface area (Å²) in [4.78, 5) is 28.2. The van der Waals surface area contributed by atoms with Gasteiger partial charge in [0.05, 0.1) is 6.07 Å². The molecule has 1 heterocycles. The third-order valence-corrected chi connectivity index (χ3v) is 4.13. The monoisotopic (exact) mass is 385 g/mol. The molecule has 3 aromatic rings. The van der Waals surface area contributed by atoms with Crippen molar-refractivity contribution in [2.24, 2.45) is 19.1 Å². The van der Waals surface area contributed by atoms with Crippen LogP contribution in [-0.4, -0.2) is 20.5 Å². The number of phenolic OH excluding ortho intramolecular Hbond substituents is 1. The minimum absolute atomic E-state index is 0.0375. The fraction of sp³-hybridized carbons (Fsp3) is 0.105. The van der Waals surface area contributed by atoms with Crippen LogP contribution in [0.15, 0.2) is 63.1 Å². The molecule has 0 unspecified atom stereocenters. The van der Waals surface area contributed by atoms with Crippen LogP contribution in [0.25, 0.3) is 0 Å². The summed E-state index contributed by atoms with van der Waals surface area (Å²) in [5.74, 6) is 0.477. The molecule has 0 spiro atoms. The van der Waals surface area contributed by atoms with Gasteiger partial charge in [-0.2, -0.15) is 0 Å². The number of halogens is 1. The number of benzene rings is 2. The lowest BCUT2D eigenvalue weighted by molar-refractivity contribution is 0.424. The molecule has 0 saturated heterocycles. The average Bonchev–Trinajstić information content (AvgIpc) is 2.66. The number of para-hydroxylation sites is 2. The molecule has 0 amide bonds. The summed E-state index contributed by atoms with van der Waals surface area (Å²) in [6.07, 6.45) is 1.45. The van der Waals surface area contributed by atoms with Crippen molar-refractivity contribution in [3.05, 3.63) is 80.0 Å². The number of nitrogens with zero attached hydrogens (tertiary/aromatic N) is 3. The zero-order valence-electron chi connectivity index (χ0n) is 14.6. The molecule has 0 atom stereocenters. The highest BCUT2D eigenvalue weighted by atomic mass is 35.5. The van der Waals surface area contributed by atoms with Crippen molar-refractivity contribution in [3.8, 4) is 17.4 Å². The zero-order chi connectivity index (χ0) is 19.6. The summed E-state index contributed by atoms with van der Waals surface area (Å²) >= 11 is 5.94. The van der Waals surface area contributed by atoms with Crippen molar-refractivity contribution in [3.63, 3.8) is 0 Å². The van der Waals surface area contributed by atoms with Gasteiger partial charge >= 0.3 is 5.69 Å². The molecule has 0 aliphatic heterocycles. The molecule has 0 radical (unpaired) electrons. The Balaban J connectivity index is 1.98. The molecule has 27 heavy (non-hydrogen) atoms. The second-order valence-corrected chi connectivity index (χ2v) is 6.19. The average molecular weight is 386 g/mol. The van der Waals surface area contributed by atoms with Gasteiger partial charge in [0.25, 0.3) is 5.56 Å². The van der Waals surface area contributed by atoms with Crippen LogP contribution in [0.1, 0.15) is 5.56 Å². The van der Waals surface area contributed by atoms with Crippen LogP contribution in [-0.2, 0) is 14.1 Å². The van der Waals surface area contributed by atoms with Gasteiger partial charge in [-0.1, -0.05) is 23.7 Å². The van der Waals surface area contributed by atoms with E-state index in [9.17, 15) is 14.7 Å². The molecule has 1 aromatic heterocycles. The second kappa shape index (κ2) is 7.51. The Hall–Kier alpha value is -3.32. The molecule has 2 aromatic carbocycles. The molecule has 0 aliphatic rings. The summed E-state index contributed by atoms with van der Waals surface area (Å²) in [6.45, 7) is 0. The summed E-state index contributed by atoms with van der Waals surface area (Å²) in [5.41, 5.74) is -0.0800. The minimum atomic E-state index is -0.498. The molecular weight excluding hydrogens is 370 g/mol. The molecule has 8 heteroatoms. The molecule has 3 rings (SSSR count). The van der Waals surface area contributed by atoms with E-state index in [1.807, 2.05) is 0 Å². The maximum Gasteiger partial charge on any atom is 0.333 e. The molecular formula is C19H16ClN3O4. The SMILES string of the molecule is Cn1c(Oc2ccccc2N=Cc2cc(Cl)ccc2O)cc(=O)n(C)c1=O. The van der Waals surface area contributed by atoms with Crippen molar-refractivity contribution in [2.75, 3.05) is 0 Å². The van der Waals surface area contributed by atoms with Gasteiger partial charge in [0.2, 0.25) is 5.88 Å². The molecule has 0 aliphatic carbocycles. The van der Waals surface area contributed by atoms with Gasteiger partial charge in [-0.15, -0.1) is 0 Å². The number of rotatable bonds is 4. The fourth-order valence-electron chi connectivity index (χ4n) is 2.34. The molecule has 0 bridgehead atoms.